The van der Waals surface area contributed by atoms with Crippen LogP contribution in [0.15, 0.2) is 42.5 Å². The van der Waals surface area contributed by atoms with Crippen LogP contribution in [0.4, 0.5) is 0 Å². The van der Waals surface area contributed by atoms with Crippen LogP contribution in [0.1, 0.15) is 11.1 Å². The van der Waals surface area contributed by atoms with Crippen molar-refractivity contribution in [1.82, 2.24) is 4.90 Å². The van der Waals surface area contributed by atoms with Crippen molar-refractivity contribution >= 4 is 34.8 Å². The number of nitrogens with zero attached hydrogens (tertiary/aromatic N) is 1. The molecule has 0 radical (unpaired) electrons. The molecule has 0 aromatic heterocycles. The summed E-state index contributed by atoms with van der Waals surface area (Å²) in [5.74, 6) is 0. The number of likely N-dealkylation sites (N-methyl/N-ethyl adjacent to an activating group) is 1. The summed E-state index contributed by atoms with van der Waals surface area (Å²) in [6, 6.07) is 13.4. The van der Waals surface area contributed by atoms with E-state index >= 15 is 0 Å². The number of rotatable bonds is 4. The van der Waals surface area contributed by atoms with E-state index < -0.39 is 0 Å². The topological polar surface area (TPSA) is 12.5 Å². The van der Waals surface area contributed by atoms with Crippen LogP contribution in [0.3, 0.4) is 0 Å². The summed E-state index contributed by atoms with van der Waals surface area (Å²) in [6.07, 6.45) is 0. The maximum Gasteiger partial charge on any atom is 0.119 e. The summed E-state index contributed by atoms with van der Waals surface area (Å²) in [5.41, 5.74) is 1.83. The first kappa shape index (κ1) is 16.1. The molecule has 0 amide bonds. The van der Waals surface area contributed by atoms with E-state index in [1.54, 1.807) is 0 Å². The monoisotopic (exact) mass is 355 g/mol. The summed E-state index contributed by atoms with van der Waals surface area (Å²) in [7, 11) is 2.07. The number of likely N-dealkylation sites (tertiary alicyclic amines) is 1. The second kappa shape index (κ2) is 6.38. The molecule has 0 aliphatic carbocycles. The normalized spacial score (nSPS) is 17.3. The Hall–Kier alpha value is -0.770. The van der Waals surface area contributed by atoms with Crippen molar-refractivity contribution < 1.29 is 4.74 Å². The minimum Gasteiger partial charge on any atom is -0.363 e. The van der Waals surface area contributed by atoms with E-state index in [4.69, 9.17) is 39.5 Å². The van der Waals surface area contributed by atoms with Gasteiger partial charge in [0.2, 0.25) is 0 Å². The molecule has 0 unspecified atom stereocenters. The number of benzene rings is 2. The van der Waals surface area contributed by atoms with Crippen molar-refractivity contribution in [2.24, 2.45) is 0 Å². The minimum absolute atomic E-state index is 0.331. The van der Waals surface area contributed by atoms with E-state index in [1.807, 2.05) is 42.5 Å². The molecule has 0 N–H and O–H groups in total. The van der Waals surface area contributed by atoms with Gasteiger partial charge in [-0.3, -0.25) is 4.90 Å². The molecule has 5 heteroatoms. The van der Waals surface area contributed by atoms with Gasteiger partial charge in [-0.2, -0.15) is 0 Å². The van der Waals surface area contributed by atoms with Gasteiger partial charge >= 0.3 is 0 Å². The Kier molecular flexibility index (Phi) is 4.67. The molecule has 0 atom stereocenters. The quantitative estimate of drug-likeness (QED) is 0.764. The predicted molar refractivity (Wildman–Crippen MR) is 91.9 cm³/mol. The van der Waals surface area contributed by atoms with E-state index in [0.717, 1.165) is 29.2 Å². The smallest absolute Gasteiger partial charge is 0.119 e. The molecule has 116 valence electrons. The largest absolute Gasteiger partial charge is 0.363 e. The van der Waals surface area contributed by atoms with Gasteiger partial charge < -0.3 is 4.74 Å². The number of hydrogen-bond donors (Lipinski definition) is 0. The van der Waals surface area contributed by atoms with E-state index in [-0.39, 0.29) is 5.60 Å². The van der Waals surface area contributed by atoms with Crippen LogP contribution in [-0.4, -0.2) is 25.0 Å². The van der Waals surface area contributed by atoms with Gasteiger partial charge in [-0.25, -0.2) is 0 Å². The summed E-state index contributed by atoms with van der Waals surface area (Å²) in [5, 5.41) is 1.85. The molecule has 2 nitrogen and oxygen atoms in total. The minimum atomic E-state index is -0.331. The summed E-state index contributed by atoms with van der Waals surface area (Å²) in [4.78, 5) is 2.21. The number of hydrogen-bond acceptors (Lipinski definition) is 2. The Morgan fingerprint density at radius 2 is 1.68 bits per heavy atom. The van der Waals surface area contributed by atoms with Crippen molar-refractivity contribution in [3.05, 3.63) is 68.7 Å². The van der Waals surface area contributed by atoms with Gasteiger partial charge in [0.05, 0.1) is 16.7 Å². The Labute approximate surface area is 145 Å². The Bertz CT molecular complexity index is 666. The lowest BCUT2D eigenvalue weighted by Crippen LogP contribution is -2.58. The van der Waals surface area contributed by atoms with Gasteiger partial charge in [-0.05, 0) is 42.4 Å². The lowest BCUT2D eigenvalue weighted by Gasteiger charge is -2.48. The second-order valence-electron chi connectivity index (χ2n) is 5.71. The van der Waals surface area contributed by atoms with Crippen LogP contribution in [0.2, 0.25) is 15.1 Å². The van der Waals surface area contributed by atoms with Crippen LogP contribution >= 0.6 is 34.8 Å². The van der Waals surface area contributed by atoms with E-state index in [9.17, 15) is 0 Å². The fraction of sp³-hybridized carbons (Fsp3) is 0.294. The predicted octanol–water partition coefficient (Wildman–Crippen LogP) is 5.00. The highest BCUT2D eigenvalue weighted by Gasteiger charge is 2.44. The van der Waals surface area contributed by atoms with Gasteiger partial charge in [-0.1, -0.05) is 53.0 Å². The van der Waals surface area contributed by atoms with Crippen molar-refractivity contribution in [3.8, 4) is 0 Å². The standard InChI is InChI=1S/C17H16Cl3NO/c1-21-10-17(11-21,13-4-7-15(19)16(20)8-13)22-9-12-2-5-14(18)6-3-12/h2-8H,9-11H2,1H3. The molecule has 1 aliphatic heterocycles. The Balaban J connectivity index is 1.79. The first-order valence-electron chi connectivity index (χ1n) is 7.01. The SMILES string of the molecule is CN1CC(OCc2ccc(Cl)cc2)(c2ccc(Cl)c(Cl)c2)C1. The molecule has 1 saturated heterocycles. The summed E-state index contributed by atoms with van der Waals surface area (Å²) >= 11 is 18.1. The molecule has 1 aliphatic rings. The van der Waals surface area contributed by atoms with Gasteiger partial charge in [0.25, 0.3) is 0 Å². The summed E-state index contributed by atoms with van der Waals surface area (Å²) < 4.78 is 6.26. The van der Waals surface area contributed by atoms with Crippen molar-refractivity contribution in [2.45, 2.75) is 12.2 Å². The van der Waals surface area contributed by atoms with Crippen LogP contribution < -0.4 is 0 Å². The highest BCUT2D eigenvalue weighted by molar-refractivity contribution is 6.42. The third-order valence-electron chi connectivity index (χ3n) is 3.92. The van der Waals surface area contributed by atoms with Gasteiger partial charge in [0.1, 0.15) is 5.60 Å². The molecule has 3 rings (SSSR count). The molecule has 0 spiro atoms. The molecule has 1 heterocycles. The molecule has 0 saturated carbocycles. The van der Waals surface area contributed by atoms with E-state index in [1.165, 1.54) is 0 Å². The lowest BCUT2D eigenvalue weighted by atomic mass is 9.86. The molecular formula is C17H16Cl3NO. The Morgan fingerprint density at radius 1 is 1.00 bits per heavy atom. The van der Waals surface area contributed by atoms with Crippen LogP contribution in [0.5, 0.6) is 0 Å². The zero-order valence-corrected chi connectivity index (χ0v) is 14.4. The average Bonchev–Trinajstić information content (AvgIpc) is 2.47. The maximum absolute atomic E-state index is 6.26. The average molecular weight is 357 g/mol. The highest BCUT2D eigenvalue weighted by atomic mass is 35.5. The number of halogens is 3. The van der Waals surface area contributed by atoms with E-state index in [0.29, 0.717) is 16.7 Å². The third-order valence-corrected chi connectivity index (χ3v) is 4.92. The van der Waals surface area contributed by atoms with Gasteiger partial charge in [0, 0.05) is 18.1 Å². The van der Waals surface area contributed by atoms with Gasteiger partial charge in [-0.15, -0.1) is 0 Å². The zero-order chi connectivity index (χ0) is 15.7. The van der Waals surface area contributed by atoms with E-state index in [2.05, 4.69) is 11.9 Å². The molecule has 0 bridgehead atoms. The van der Waals surface area contributed by atoms with Crippen molar-refractivity contribution in [1.29, 1.82) is 0 Å². The molecule has 2 aromatic rings. The lowest BCUT2D eigenvalue weighted by molar-refractivity contribution is -0.151. The maximum atomic E-state index is 6.26. The third kappa shape index (κ3) is 3.27. The highest BCUT2D eigenvalue weighted by Crippen LogP contribution is 2.38. The number of ether oxygens (including phenoxy) is 1. The first-order valence-corrected chi connectivity index (χ1v) is 8.14. The molecule has 2 aromatic carbocycles. The zero-order valence-electron chi connectivity index (χ0n) is 12.2. The fourth-order valence-electron chi connectivity index (χ4n) is 2.76. The Morgan fingerprint density at radius 3 is 2.27 bits per heavy atom. The molecule has 22 heavy (non-hydrogen) atoms. The molecule has 1 fully saturated rings. The van der Waals surface area contributed by atoms with Crippen molar-refractivity contribution in [2.75, 3.05) is 20.1 Å². The van der Waals surface area contributed by atoms with Crippen LogP contribution in [0.25, 0.3) is 0 Å². The van der Waals surface area contributed by atoms with Gasteiger partial charge in [0.15, 0.2) is 0 Å². The van der Waals surface area contributed by atoms with Crippen LogP contribution in [-0.2, 0) is 16.9 Å². The molecular weight excluding hydrogens is 341 g/mol. The van der Waals surface area contributed by atoms with Crippen LogP contribution in [0, 0.1) is 0 Å². The first-order chi connectivity index (χ1) is 10.5. The van der Waals surface area contributed by atoms with Crippen molar-refractivity contribution in [3.63, 3.8) is 0 Å². The second-order valence-corrected chi connectivity index (χ2v) is 6.96. The summed E-state index contributed by atoms with van der Waals surface area (Å²) in [6.45, 7) is 2.20. The fourth-order valence-corrected chi connectivity index (χ4v) is 3.19.